The van der Waals surface area contributed by atoms with E-state index in [1.807, 2.05) is 6.92 Å². The minimum Gasteiger partial charge on any atom is -0.340 e. The molecule has 0 saturated carbocycles. The highest BCUT2D eigenvalue weighted by molar-refractivity contribution is 4.86. The van der Waals surface area contributed by atoms with Crippen molar-refractivity contribution >= 4 is 0 Å². The van der Waals surface area contributed by atoms with E-state index in [4.69, 9.17) is 4.52 Å². The maximum atomic E-state index is 5.00. The van der Waals surface area contributed by atoms with Crippen LogP contribution in [-0.2, 0) is 6.42 Å². The first-order valence-electron chi connectivity index (χ1n) is 7.03. The molecule has 1 aromatic heterocycles. The molecule has 1 aliphatic heterocycles. The lowest BCUT2D eigenvalue weighted by atomic mass is 10.1. The molecule has 2 rings (SSSR count). The first-order chi connectivity index (χ1) is 8.78. The number of aryl methyl sites for hydroxylation is 1. The zero-order valence-electron chi connectivity index (χ0n) is 11.5. The van der Waals surface area contributed by atoms with Crippen molar-refractivity contribution in [3.8, 4) is 0 Å². The molecule has 1 fully saturated rings. The van der Waals surface area contributed by atoms with Crippen molar-refractivity contribution in [3.05, 3.63) is 11.7 Å². The Bertz CT molecular complexity index is 353. The molecule has 0 amide bonds. The van der Waals surface area contributed by atoms with E-state index in [0.29, 0.717) is 11.9 Å². The van der Waals surface area contributed by atoms with Crippen LogP contribution in [0.2, 0.25) is 0 Å². The highest BCUT2D eigenvalue weighted by Crippen LogP contribution is 2.07. The lowest BCUT2D eigenvalue weighted by molar-refractivity contribution is 0.263. The van der Waals surface area contributed by atoms with Crippen LogP contribution in [-0.4, -0.2) is 47.3 Å². The van der Waals surface area contributed by atoms with Crippen LogP contribution in [0.1, 0.15) is 37.9 Å². The summed E-state index contributed by atoms with van der Waals surface area (Å²) in [6, 6.07) is 0.643. The van der Waals surface area contributed by atoms with Crippen LogP contribution in [0.4, 0.5) is 0 Å². The van der Waals surface area contributed by atoms with Gasteiger partial charge in [0.05, 0.1) is 0 Å². The van der Waals surface area contributed by atoms with Crippen molar-refractivity contribution in [1.82, 2.24) is 20.4 Å². The quantitative estimate of drug-likeness (QED) is 0.858. The predicted molar refractivity (Wildman–Crippen MR) is 70.5 cm³/mol. The van der Waals surface area contributed by atoms with Gasteiger partial charge in [-0.15, -0.1) is 0 Å². The third kappa shape index (κ3) is 4.07. The van der Waals surface area contributed by atoms with E-state index in [-0.39, 0.29) is 0 Å². The maximum absolute atomic E-state index is 5.00. The monoisotopic (exact) mass is 252 g/mol. The van der Waals surface area contributed by atoms with E-state index in [9.17, 15) is 0 Å². The minimum atomic E-state index is 0.643. The van der Waals surface area contributed by atoms with Crippen LogP contribution in [0.5, 0.6) is 0 Å². The smallest absolute Gasteiger partial charge is 0.223 e. The Morgan fingerprint density at radius 1 is 1.50 bits per heavy atom. The summed E-state index contributed by atoms with van der Waals surface area (Å²) in [5, 5.41) is 7.57. The van der Waals surface area contributed by atoms with Crippen LogP contribution < -0.4 is 5.32 Å². The Hall–Kier alpha value is -0.940. The van der Waals surface area contributed by atoms with Gasteiger partial charge in [-0.2, -0.15) is 4.98 Å². The minimum absolute atomic E-state index is 0.643. The summed E-state index contributed by atoms with van der Waals surface area (Å²) < 4.78 is 5.00. The molecule has 18 heavy (non-hydrogen) atoms. The van der Waals surface area contributed by atoms with Crippen LogP contribution >= 0.6 is 0 Å². The Morgan fingerprint density at radius 3 is 3.11 bits per heavy atom. The second-order valence-corrected chi connectivity index (χ2v) is 5.07. The highest BCUT2D eigenvalue weighted by Gasteiger charge is 2.17. The van der Waals surface area contributed by atoms with E-state index in [0.717, 1.165) is 31.9 Å². The molecule has 102 valence electrons. The van der Waals surface area contributed by atoms with Gasteiger partial charge in [-0.1, -0.05) is 18.5 Å². The maximum Gasteiger partial charge on any atom is 0.223 e. The van der Waals surface area contributed by atoms with Crippen LogP contribution in [0.3, 0.4) is 0 Å². The van der Waals surface area contributed by atoms with E-state index in [1.54, 1.807) is 0 Å². The normalized spacial score (nSPS) is 22.0. The summed E-state index contributed by atoms with van der Waals surface area (Å²) in [5.41, 5.74) is 0. The molecule has 0 aliphatic carbocycles. The number of rotatable bonds is 5. The largest absolute Gasteiger partial charge is 0.340 e. The van der Waals surface area contributed by atoms with Crippen molar-refractivity contribution in [2.75, 3.05) is 26.2 Å². The van der Waals surface area contributed by atoms with Crippen molar-refractivity contribution in [2.45, 2.75) is 45.6 Å². The van der Waals surface area contributed by atoms with Crippen molar-refractivity contribution in [2.24, 2.45) is 0 Å². The molecule has 1 N–H and O–H groups in total. The van der Waals surface area contributed by atoms with Gasteiger partial charge in [0.15, 0.2) is 5.82 Å². The Kier molecular flexibility index (Phi) is 5.13. The lowest BCUT2D eigenvalue weighted by Crippen LogP contribution is -2.38. The summed E-state index contributed by atoms with van der Waals surface area (Å²) >= 11 is 0. The van der Waals surface area contributed by atoms with Crippen LogP contribution in [0.25, 0.3) is 0 Å². The van der Waals surface area contributed by atoms with Gasteiger partial charge in [0.1, 0.15) is 0 Å². The molecule has 5 heteroatoms. The number of hydrogen-bond donors (Lipinski definition) is 1. The second kappa shape index (κ2) is 6.85. The van der Waals surface area contributed by atoms with Gasteiger partial charge in [-0.3, -0.25) is 0 Å². The summed E-state index contributed by atoms with van der Waals surface area (Å²) in [7, 11) is 0. The fourth-order valence-corrected chi connectivity index (χ4v) is 2.52. The van der Waals surface area contributed by atoms with E-state index in [2.05, 4.69) is 27.3 Å². The molecule has 2 heterocycles. The molecule has 1 aromatic rings. The Morgan fingerprint density at radius 2 is 2.39 bits per heavy atom. The Labute approximate surface area is 109 Å². The first-order valence-corrected chi connectivity index (χ1v) is 7.03. The van der Waals surface area contributed by atoms with Gasteiger partial charge in [0.25, 0.3) is 0 Å². The predicted octanol–water partition coefficient (Wildman–Crippen LogP) is 1.38. The molecule has 0 bridgehead atoms. The van der Waals surface area contributed by atoms with Gasteiger partial charge in [0, 0.05) is 32.5 Å². The molecule has 0 aromatic carbocycles. The average Bonchev–Trinajstić information content (AvgIpc) is 2.63. The molecule has 1 aliphatic rings. The third-order valence-corrected chi connectivity index (χ3v) is 3.42. The zero-order valence-corrected chi connectivity index (χ0v) is 11.5. The molecular formula is C13H24N4O. The molecule has 5 nitrogen and oxygen atoms in total. The number of nitrogens with zero attached hydrogens (tertiary/aromatic N) is 3. The van der Waals surface area contributed by atoms with Crippen molar-refractivity contribution < 1.29 is 4.52 Å². The fraction of sp³-hybridized carbons (Fsp3) is 0.846. The Balaban J connectivity index is 1.80. The number of nitrogens with one attached hydrogen (secondary N) is 1. The van der Waals surface area contributed by atoms with Gasteiger partial charge in [-0.25, -0.2) is 0 Å². The molecule has 0 radical (unpaired) electrons. The van der Waals surface area contributed by atoms with E-state index >= 15 is 0 Å². The molecule has 1 unspecified atom stereocenters. The van der Waals surface area contributed by atoms with Crippen LogP contribution in [0, 0.1) is 6.92 Å². The second-order valence-electron chi connectivity index (χ2n) is 5.07. The van der Waals surface area contributed by atoms with Gasteiger partial charge < -0.3 is 14.7 Å². The van der Waals surface area contributed by atoms with Gasteiger partial charge in [-0.05, 0) is 25.9 Å². The molecular weight excluding hydrogens is 228 g/mol. The van der Waals surface area contributed by atoms with Crippen molar-refractivity contribution in [1.29, 1.82) is 0 Å². The average molecular weight is 252 g/mol. The topological polar surface area (TPSA) is 54.2 Å². The number of hydrogen-bond acceptors (Lipinski definition) is 5. The van der Waals surface area contributed by atoms with Crippen molar-refractivity contribution in [3.63, 3.8) is 0 Å². The zero-order chi connectivity index (χ0) is 12.8. The summed E-state index contributed by atoms with van der Waals surface area (Å²) in [6.07, 6.45) is 4.62. The molecule has 1 atom stereocenters. The van der Waals surface area contributed by atoms with Gasteiger partial charge >= 0.3 is 0 Å². The lowest BCUT2D eigenvalue weighted by Gasteiger charge is -2.23. The number of aromatic nitrogens is 2. The SMILES string of the molecule is CCCC1CN(CCc2noc(C)n2)CCCN1. The standard InChI is InChI=1S/C13H24N4O/c1-3-5-12-10-17(8-4-7-14-12)9-6-13-15-11(2)18-16-13/h12,14H,3-10H2,1-2H3. The fourth-order valence-electron chi connectivity index (χ4n) is 2.52. The van der Waals surface area contributed by atoms with Crippen LogP contribution in [0.15, 0.2) is 4.52 Å². The highest BCUT2D eigenvalue weighted by atomic mass is 16.5. The van der Waals surface area contributed by atoms with E-state index in [1.165, 1.54) is 25.8 Å². The summed E-state index contributed by atoms with van der Waals surface area (Å²) in [4.78, 5) is 6.77. The summed E-state index contributed by atoms with van der Waals surface area (Å²) in [5.74, 6) is 1.49. The third-order valence-electron chi connectivity index (χ3n) is 3.42. The molecule has 1 saturated heterocycles. The summed E-state index contributed by atoms with van der Waals surface area (Å²) in [6.45, 7) is 8.57. The molecule has 0 spiro atoms. The van der Waals surface area contributed by atoms with E-state index < -0.39 is 0 Å². The van der Waals surface area contributed by atoms with Gasteiger partial charge in [0.2, 0.25) is 5.89 Å². The first kappa shape index (κ1) is 13.5.